The largest absolute Gasteiger partial charge is 0.497 e. The molecule has 1 unspecified atom stereocenters. The molecule has 0 aromatic heterocycles. The van der Waals surface area contributed by atoms with E-state index in [4.69, 9.17) is 9.84 Å². The van der Waals surface area contributed by atoms with Gasteiger partial charge in [-0.25, -0.2) is 0 Å². The van der Waals surface area contributed by atoms with Crippen molar-refractivity contribution in [3.05, 3.63) is 29.8 Å². The molecule has 0 aliphatic rings. The van der Waals surface area contributed by atoms with Gasteiger partial charge in [-0.1, -0.05) is 12.1 Å². The Morgan fingerprint density at radius 2 is 2.27 bits per heavy atom. The van der Waals surface area contributed by atoms with Gasteiger partial charge in [0, 0.05) is 12.6 Å². The Labute approximate surface area is 91.1 Å². The lowest BCUT2D eigenvalue weighted by Crippen LogP contribution is -2.16. The molecule has 0 spiro atoms. The Morgan fingerprint density at radius 3 is 2.87 bits per heavy atom. The highest BCUT2D eigenvalue weighted by atomic mass is 16.5. The van der Waals surface area contributed by atoms with Crippen LogP contribution in [0.25, 0.3) is 0 Å². The minimum absolute atomic E-state index is 0.238. The van der Waals surface area contributed by atoms with Crippen LogP contribution in [0.5, 0.6) is 5.75 Å². The summed E-state index contributed by atoms with van der Waals surface area (Å²) in [4.78, 5) is 0. The summed E-state index contributed by atoms with van der Waals surface area (Å²) in [6.45, 7) is 0.238. The van der Waals surface area contributed by atoms with Gasteiger partial charge in [0.15, 0.2) is 0 Å². The predicted molar refractivity (Wildman–Crippen MR) is 61.1 cm³/mol. The fourth-order valence-electron chi connectivity index (χ4n) is 1.63. The number of methoxy groups -OCH3 is 1. The highest BCUT2D eigenvalue weighted by Gasteiger charge is 2.08. The summed E-state index contributed by atoms with van der Waals surface area (Å²) < 4.78 is 5.18. The van der Waals surface area contributed by atoms with Gasteiger partial charge in [-0.05, 0) is 37.6 Å². The first-order valence-corrected chi connectivity index (χ1v) is 5.24. The van der Waals surface area contributed by atoms with E-state index in [1.54, 1.807) is 7.11 Å². The van der Waals surface area contributed by atoms with E-state index in [0.717, 1.165) is 18.6 Å². The van der Waals surface area contributed by atoms with Crippen molar-refractivity contribution in [2.24, 2.45) is 0 Å². The zero-order chi connectivity index (χ0) is 11.1. The van der Waals surface area contributed by atoms with Crippen LogP contribution in [0.1, 0.15) is 24.4 Å². The van der Waals surface area contributed by atoms with Crippen molar-refractivity contribution in [1.82, 2.24) is 5.32 Å². The summed E-state index contributed by atoms with van der Waals surface area (Å²) in [6.07, 6.45) is 1.74. The van der Waals surface area contributed by atoms with Crippen LogP contribution in [0.3, 0.4) is 0 Å². The van der Waals surface area contributed by atoms with Gasteiger partial charge in [0.2, 0.25) is 0 Å². The molecule has 3 nitrogen and oxygen atoms in total. The van der Waals surface area contributed by atoms with E-state index in [9.17, 15) is 0 Å². The van der Waals surface area contributed by atoms with Gasteiger partial charge in [-0.3, -0.25) is 0 Å². The average Bonchev–Trinajstić information content (AvgIpc) is 2.30. The first-order valence-electron chi connectivity index (χ1n) is 5.24. The van der Waals surface area contributed by atoms with Crippen molar-refractivity contribution in [1.29, 1.82) is 0 Å². The smallest absolute Gasteiger partial charge is 0.119 e. The predicted octanol–water partition coefficient (Wildman–Crippen LogP) is 1.73. The second-order valence-electron chi connectivity index (χ2n) is 3.48. The van der Waals surface area contributed by atoms with E-state index in [0.29, 0.717) is 0 Å². The van der Waals surface area contributed by atoms with Crippen molar-refractivity contribution < 1.29 is 9.84 Å². The summed E-state index contributed by atoms with van der Waals surface area (Å²) in [5.41, 5.74) is 1.20. The van der Waals surface area contributed by atoms with Crippen LogP contribution >= 0.6 is 0 Å². The Kier molecular flexibility index (Phi) is 5.15. The van der Waals surface area contributed by atoms with E-state index in [-0.39, 0.29) is 12.6 Å². The molecule has 0 heterocycles. The van der Waals surface area contributed by atoms with Crippen LogP contribution in [0.4, 0.5) is 0 Å². The lowest BCUT2D eigenvalue weighted by Gasteiger charge is -2.16. The minimum atomic E-state index is 0.238. The van der Waals surface area contributed by atoms with Crippen molar-refractivity contribution in [3.8, 4) is 5.75 Å². The van der Waals surface area contributed by atoms with Crippen LogP contribution < -0.4 is 10.1 Å². The molecule has 1 aromatic rings. The third-order valence-electron chi connectivity index (χ3n) is 2.50. The Morgan fingerprint density at radius 1 is 1.47 bits per heavy atom. The molecule has 0 fully saturated rings. The molecule has 1 atom stereocenters. The van der Waals surface area contributed by atoms with Crippen LogP contribution in [-0.4, -0.2) is 25.9 Å². The molecule has 0 saturated carbocycles. The maximum Gasteiger partial charge on any atom is 0.119 e. The molecular formula is C12H19NO2. The molecule has 84 valence electrons. The minimum Gasteiger partial charge on any atom is -0.497 e. The number of ether oxygens (including phenoxy) is 1. The van der Waals surface area contributed by atoms with Gasteiger partial charge >= 0.3 is 0 Å². The summed E-state index contributed by atoms with van der Waals surface area (Å²) in [5, 5.41) is 12.0. The van der Waals surface area contributed by atoms with E-state index in [1.807, 2.05) is 25.2 Å². The summed E-state index contributed by atoms with van der Waals surface area (Å²) in [5.74, 6) is 0.872. The molecule has 2 N–H and O–H groups in total. The Balaban J connectivity index is 2.72. The van der Waals surface area contributed by atoms with Gasteiger partial charge in [0.25, 0.3) is 0 Å². The lowest BCUT2D eigenvalue weighted by molar-refractivity contribution is 0.276. The number of nitrogens with one attached hydrogen (secondary N) is 1. The van der Waals surface area contributed by atoms with E-state index >= 15 is 0 Å². The summed E-state index contributed by atoms with van der Waals surface area (Å²) >= 11 is 0. The number of rotatable bonds is 6. The van der Waals surface area contributed by atoms with Crippen molar-refractivity contribution in [2.75, 3.05) is 20.8 Å². The zero-order valence-electron chi connectivity index (χ0n) is 9.36. The molecule has 0 saturated heterocycles. The van der Waals surface area contributed by atoms with Gasteiger partial charge in [0.1, 0.15) is 5.75 Å². The normalized spacial score (nSPS) is 12.5. The molecule has 1 aromatic carbocycles. The molecule has 3 heteroatoms. The molecule has 0 aliphatic carbocycles. The molecule has 0 radical (unpaired) electrons. The quantitative estimate of drug-likeness (QED) is 0.749. The SMILES string of the molecule is CNC(CCCO)c1cccc(OC)c1. The maximum absolute atomic E-state index is 8.81. The third-order valence-corrected chi connectivity index (χ3v) is 2.50. The van der Waals surface area contributed by atoms with E-state index < -0.39 is 0 Å². The van der Waals surface area contributed by atoms with Gasteiger partial charge in [-0.15, -0.1) is 0 Å². The van der Waals surface area contributed by atoms with Crippen LogP contribution in [-0.2, 0) is 0 Å². The lowest BCUT2D eigenvalue weighted by atomic mass is 10.0. The van der Waals surface area contributed by atoms with Gasteiger partial charge in [-0.2, -0.15) is 0 Å². The van der Waals surface area contributed by atoms with Crippen molar-refractivity contribution >= 4 is 0 Å². The topological polar surface area (TPSA) is 41.5 Å². The number of aliphatic hydroxyl groups excluding tert-OH is 1. The molecule has 1 rings (SSSR count). The summed E-state index contributed by atoms with van der Waals surface area (Å²) in [6, 6.07) is 8.30. The van der Waals surface area contributed by atoms with Crippen LogP contribution in [0.2, 0.25) is 0 Å². The van der Waals surface area contributed by atoms with Crippen LogP contribution in [0, 0.1) is 0 Å². The molecule has 15 heavy (non-hydrogen) atoms. The molecule has 0 amide bonds. The third kappa shape index (κ3) is 3.53. The molecule has 0 aliphatic heterocycles. The average molecular weight is 209 g/mol. The standard InChI is InChI=1S/C12H19NO2/c1-13-12(7-4-8-14)10-5-3-6-11(9-10)15-2/h3,5-6,9,12-14H,4,7-8H2,1-2H3. The maximum atomic E-state index is 8.81. The first kappa shape index (κ1) is 12.0. The monoisotopic (exact) mass is 209 g/mol. The zero-order valence-corrected chi connectivity index (χ0v) is 9.36. The van der Waals surface area contributed by atoms with E-state index in [2.05, 4.69) is 11.4 Å². The van der Waals surface area contributed by atoms with Crippen molar-refractivity contribution in [3.63, 3.8) is 0 Å². The first-order chi connectivity index (χ1) is 7.31. The Hall–Kier alpha value is -1.06. The molecular weight excluding hydrogens is 190 g/mol. The number of hydrogen-bond donors (Lipinski definition) is 2. The van der Waals surface area contributed by atoms with Crippen molar-refractivity contribution in [2.45, 2.75) is 18.9 Å². The second kappa shape index (κ2) is 6.43. The number of aliphatic hydroxyl groups is 1. The number of benzene rings is 1. The Bertz CT molecular complexity index is 289. The van der Waals surface area contributed by atoms with E-state index in [1.165, 1.54) is 5.56 Å². The van der Waals surface area contributed by atoms with Gasteiger partial charge < -0.3 is 15.2 Å². The van der Waals surface area contributed by atoms with Crippen LogP contribution in [0.15, 0.2) is 24.3 Å². The fourth-order valence-corrected chi connectivity index (χ4v) is 1.63. The van der Waals surface area contributed by atoms with Gasteiger partial charge in [0.05, 0.1) is 7.11 Å². The fraction of sp³-hybridized carbons (Fsp3) is 0.500. The highest BCUT2D eigenvalue weighted by Crippen LogP contribution is 2.22. The molecule has 0 bridgehead atoms. The second-order valence-corrected chi connectivity index (χ2v) is 3.48. The number of hydrogen-bond acceptors (Lipinski definition) is 3. The highest BCUT2D eigenvalue weighted by molar-refractivity contribution is 5.30. The summed E-state index contributed by atoms with van der Waals surface area (Å²) in [7, 11) is 3.60.